The predicted molar refractivity (Wildman–Crippen MR) is 97.8 cm³/mol. The molecule has 2 nitrogen and oxygen atoms in total. The van der Waals surface area contributed by atoms with Gasteiger partial charge in [-0.3, -0.25) is 0 Å². The molecule has 0 aliphatic rings. The summed E-state index contributed by atoms with van der Waals surface area (Å²) in [6, 6.07) is 19.6. The van der Waals surface area contributed by atoms with E-state index in [9.17, 15) is 5.11 Å². The van der Waals surface area contributed by atoms with Gasteiger partial charge in [0.25, 0.3) is 0 Å². The number of anilines is 3. The molecule has 0 bridgehead atoms. The van der Waals surface area contributed by atoms with Crippen LogP contribution in [0.15, 0.2) is 66.7 Å². The summed E-state index contributed by atoms with van der Waals surface area (Å²) in [4.78, 5) is 1.81. The fourth-order valence-electron chi connectivity index (χ4n) is 2.32. The van der Waals surface area contributed by atoms with E-state index >= 15 is 0 Å². The molecule has 0 heterocycles. The minimum Gasteiger partial charge on any atom is -0.506 e. The Balaban J connectivity index is 2.27. The number of halogens is 3. The van der Waals surface area contributed by atoms with Crippen LogP contribution in [0, 0.1) is 0 Å². The van der Waals surface area contributed by atoms with E-state index < -0.39 is 0 Å². The van der Waals surface area contributed by atoms with Gasteiger partial charge in [-0.2, -0.15) is 0 Å². The number of benzene rings is 3. The van der Waals surface area contributed by atoms with Crippen LogP contribution in [0.5, 0.6) is 5.75 Å². The monoisotopic (exact) mass is 363 g/mol. The minimum absolute atomic E-state index is 0.0919. The van der Waals surface area contributed by atoms with E-state index in [1.165, 1.54) is 0 Å². The van der Waals surface area contributed by atoms with Crippen LogP contribution in [0.1, 0.15) is 0 Å². The molecule has 0 saturated heterocycles. The van der Waals surface area contributed by atoms with Crippen LogP contribution in [-0.4, -0.2) is 5.11 Å². The smallest absolute Gasteiger partial charge is 0.139 e. The highest BCUT2D eigenvalue weighted by Crippen LogP contribution is 2.44. The van der Waals surface area contributed by atoms with Gasteiger partial charge in [0.05, 0.1) is 16.4 Å². The zero-order valence-corrected chi connectivity index (χ0v) is 14.1. The standard InChI is InChI=1S/C18H12Cl3NO/c19-12-6-8-15(21)16(10-12)22(14-4-2-1-3-5-14)17-11-13(20)7-9-18(17)23/h1-11,23H. The lowest BCUT2D eigenvalue weighted by molar-refractivity contribution is 0.476. The highest BCUT2D eigenvalue weighted by Gasteiger charge is 2.19. The van der Waals surface area contributed by atoms with Crippen molar-refractivity contribution in [3.8, 4) is 5.75 Å². The molecule has 0 aliphatic carbocycles. The summed E-state index contributed by atoms with van der Waals surface area (Å²) in [6.45, 7) is 0. The quantitative estimate of drug-likeness (QED) is 0.551. The van der Waals surface area contributed by atoms with Crippen molar-refractivity contribution in [3.05, 3.63) is 81.8 Å². The van der Waals surface area contributed by atoms with Crippen molar-refractivity contribution < 1.29 is 5.11 Å². The van der Waals surface area contributed by atoms with Crippen molar-refractivity contribution in [2.24, 2.45) is 0 Å². The van der Waals surface area contributed by atoms with Crippen LogP contribution in [-0.2, 0) is 0 Å². The number of hydrogen-bond acceptors (Lipinski definition) is 2. The molecule has 3 rings (SSSR count). The maximum atomic E-state index is 10.3. The van der Waals surface area contributed by atoms with Crippen molar-refractivity contribution in [2.45, 2.75) is 0 Å². The van der Waals surface area contributed by atoms with Gasteiger partial charge in [-0.15, -0.1) is 0 Å². The third-order valence-electron chi connectivity index (χ3n) is 3.34. The Morgan fingerprint density at radius 2 is 1.30 bits per heavy atom. The number of phenolic OH excluding ortho intramolecular Hbond substituents is 1. The second kappa shape index (κ2) is 6.71. The first kappa shape index (κ1) is 16.0. The maximum Gasteiger partial charge on any atom is 0.139 e. The lowest BCUT2D eigenvalue weighted by atomic mass is 10.2. The summed E-state index contributed by atoms with van der Waals surface area (Å²) < 4.78 is 0. The van der Waals surface area contributed by atoms with Crippen LogP contribution in [0.4, 0.5) is 17.1 Å². The molecule has 3 aromatic rings. The van der Waals surface area contributed by atoms with Crippen molar-refractivity contribution in [1.29, 1.82) is 0 Å². The molecule has 0 saturated carbocycles. The van der Waals surface area contributed by atoms with E-state index in [-0.39, 0.29) is 5.75 Å². The summed E-state index contributed by atoms with van der Waals surface area (Å²) in [7, 11) is 0. The van der Waals surface area contributed by atoms with Crippen molar-refractivity contribution in [3.63, 3.8) is 0 Å². The van der Waals surface area contributed by atoms with Crippen molar-refractivity contribution in [1.82, 2.24) is 0 Å². The van der Waals surface area contributed by atoms with Gasteiger partial charge < -0.3 is 10.0 Å². The molecule has 0 amide bonds. The predicted octanol–water partition coefficient (Wildman–Crippen LogP) is 6.82. The lowest BCUT2D eigenvalue weighted by Crippen LogP contribution is -2.10. The topological polar surface area (TPSA) is 23.5 Å². The first-order valence-corrected chi connectivity index (χ1v) is 7.98. The summed E-state index contributed by atoms with van der Waals surface area (Å²) in [6.07, 6.45) is 0. The van der Waals surface area contributed by atoms with Gasteiger partial charge in [-0.25, -0.2) is 0 Å². The highest BCUT2D eigenvalue weighted by atomic mass is 35.5. The zero-order valence-electron chi connectivity index (χ0n) is 11.9. The number of nitrogens with zero attached hydrogens (tertiary/aromatic N) is 1. The molecule has 0 fully saturated rings. The second-order valence-corrected chi connectivity index (χ2v) is 6.18. The zero-order chi connectivity index (χ0) is 16.4. The van der Waals surface area contributed by atoms with Crippen LogP contribution >= 0.6 is 34.8 Å². The van der Waals surface area contributed by atoms with Crippen LogP contribution in [0.2, 0.25) is 15.1 Å². The summed E-state index contributed by atoms with van der Waals surface area (Å²) >= 11 is 18.6. The van der Waals surface area contributed by atoms with E-state index in [1.807, 2.05) is 35.2 Å². The largest absolute Gasteiger partial charge is 0.506 e. The number of hydrogen-bond donors (Lipinski definition) is 1. The lowest BCUT2D eigenvalue weighted by Gasteiger charge is -2.27. The average Bonchev–Trinajstić information content (AvgIpc) is 2.55. The Morgan fingerprint density at radius 3 is 2.00 bits per heavy atom. The van der Waals surface area contributed by atoms with Gasteiger partial charge in [0, 0.05) is 15.7 Å². The first-order valence-electron chi connectivity index (χ1n) is 6.85. The van der Waals surface area contributed by atoms with Crippen molar-refractivity contribution in [2.75, 3.05) is 4.90 Å². The minimum atomic E-state index is 0.0919. The molecular weight excluding hydrogens is 353 g/mol. The van der Waals surface area contributed by atoms with Crippen LogP contribution < -0.4 is 4.90 Å². The normalized spacial score (nSPS) is 10.6. The summed E-state index contributed by atoms with van der Waals surface area (Å²) in [5, 5.41) is 11.9. The Morgan fingerprint density at radius 1 is 0.696 bits per heavy atom. The highest BCUT2D eigenvalue weighted by molar-refractivity contribution is 6.35. The van der Waals surface area contributed by atoms with E-state index in [2.05, 4.69) is 0 Å². The van der Waals surface area contributed by atoms with E-state index in [0.717, 1.165) is 5.69 Å². The maximum absolute atomic E-state index is 10.3. The molecule has 1 N–H and O–H groups in total. The van der Waals surface area contributed by atoms with Gasteiger partial charge in [-0.05, 0) is 48.5 Å². The van der Waals surface area contributed by atoms with E-state index in [1.54, 1.807) is 36.4 Å². The SMILES string of the molecule is Oc1ccc(Cl)cc1N(c1ccccc1)c1cc(Cl)ccc1Cl. The van der Waals surface area contributed by atoms with Crippen molar-refractivity contribution >= 4 is 51.9 Å². The summed E-state index contributed by atoms with van der Waals surface area (Å²) in [5.41, 5.74) is 2.00. The molecule has 0 aromatic heterocycles. The van der Waals surface area contributed by atoms with Gasteiger partial charge in [-0.1, -0.05) is 53.0 Å². The Hall–Kier alpha value is -1.87. The molecule has 0 unspecified atom stereocenters. The molecule has 3 aromatic carbocycles. The molecular formula is C18H12Cl3NO. The van der Waals surface area contributed by atoms with Gasteiger partial charge in [0.1, 0.15) is 5.75 Å². The number of rotatable bonds is 3. The second-order valence-electron chi connectivity index (χ2n) is 4.90. The Labute approximate surface area is 149 Å². The third-order valence-corrected chi connectivity index (χ3v) is 4.13. The average molecular weight is 365 g/mol. The summed E-state index contributed by atoms with van der Waals surface area (Å²) in [5.74, 6) is 0.0919. The molecule has 0 atom stereocenters. The van der Waals surface area contributed by atoms with Crippen LogP contribution in [0.3, 0.4) is 0 Å². The number of phenols is 1. The van der Waals surface area contributed by atoms with Crippen LogP contribution in [0.25, 0.3) is 0 Å². The molecule has 0 spiro atoms. The Bertz CT molecular complexity index is 785. The molecule has 23 heavy (non-hydrogen) atoms. The van der Waals surface area contributed by atoms with Gasteiger partial charge in [0.15, 0.2) is 0 Å². The molecule has 0 aliphatic heterocycles. The fourth-order valence-corrected chi connectivity index (χ4v) is 2.85. The molecule has 116 valence electrons. The fraction of sp³-hybridized carbons (Fsp3) is 0. The van der Waals surface area contributed by atoms with E-state index in [4.69, 9.17) is 34.8 Å². The Kier molecular flexibility index (Phi) is 4.67. The third kappa shape index (κ3) is 3.40. The molecule has 5 heteroatoms. The van der Waals surface area contributed by atoms with E-state index in [0.29, 0.717) is 26.4 Å². The molecule has 0 radical (unpaired) electrons. The van der Waals surface area contributed by atoms with Gasteiger partial charge in [0.2, 0.25) is 0 Å². The number of aromatic hydroxyl groups is 1. The first-order chi connectivity index (χ1) is 11.1. The number of para-hydroxylation sites is 1. The van der Waals surface area contributed by atoms with Gasteiger partial charge >= 0.3 is 0 Å².